The smallest absolute Gasteiger partial charge is 0.293 e. The van der Waals surface area contributed by atoms with Gasteiger partial charge in [0.25, 0.3) is 11.1 Å². The van der Waals surface area contributed by atoms with E-state index in [0.717, 1.165) is 31.8 Å². The Morgan fingerprint density at radius 2 is 1.78 bits per heavy atom. The molecular formula is C20H15Br2NO3S. The van der Waals surface area contributed by atoms with Crippen molar-refractivity contribution in [1.29, 1.82) is 0 Å². The number of ether oxygens (including phenoxy) is 1. The van der Waals surface area contributed by atoms with E-state index in [9.17, 15) is 9.59 Å². The lowest BCUT2D eigenvalue weighted by Crippen LogP contribution is -2.27. The Hall–Kier alpha value is -1.83. The van der Waals surface area contributed by atoms with E-state index in [4.69, 9.17) is 4.74 Å². The van der Waals surface area contributed by atoms with Crippen LogP contribution < -0.4 is 4.74 Å². The van der Waals surface area contributed by atoms with Crippen LogP contribution in [0, 0.1) is 0 Å². The molecule has 1 saturated heterocycles. The van der Waals surface area contributed by atoms with Gasteiger partial charge in [0, 0.05) is 14.5 Å². The minimum Gasteiger partial charge on any atom is -0.489 e. The van der Waals surface area contributed by atoms with Crippen molar-refractivity contribution in [2.45, 2.75) is 6.54 Å². The molecule has 2 aromatic carbocycles. The standard InChI is InChI=1S/C20H15Br2NO3S/c1-2-9-26-17-8-7-16(22)10-14(17)11-18-19(24)23(20(25)27-18)12-13-3-5-15(21)6-4-13/h2-8,10-11H,1,9,12H2/b18-11+. The fourth-order valence-corrected chi connectivity index (χ4v) is 3.93. The molecule has 1 aliphatic heterocycles. The maximum Gasteiger partial charge on any atom is 0.293 e. The summed E-state index contributed by atoms with van der Waals surface area (Å²) in [5.74, 6) is 0.320. The van der Waals surface area contributed by atoms with Crippen LogP contribution in [0.5, 0.6) is 5.75 Å². The Kier molecular flexibility index (Phi) is 6.57. The first-order valence-electron chi connectivity index (χ1n) is 8.01. The first-order chi connectivity index (χ1) is 13.0. The summed E-state index contributed by atoms with van der Waals surface area (Å²) in [7, 11) is 0. The molecule has 1 fully saturated rings. The van der Waals surface area contributed by atoms with Crippen molar-refractivity contribution in [3.63, 3.8) is 0 Å². The molecule has 7 heteroatoms. The minimum atomic E-state index is -0.303. The van der Waals surface area contributed by atoms with Gasteiger partial charge in [0.1, 0.15) is 12.4 Å². The normalized spacial score (nSPS) is 15.5. The van der Waals surface area contributed by atoms with E-state index in [-0.39, 0.29) is 17.7 Å². The third-order valence-electron chi connectivity index (χ3n) is 3.74. The third kappa shape index (κ3) is 4.91. The number of hydrogen-bond donors (Lipinski definition) is 0. The van der Waals surface area contributed by atoms with Crippen molar-refractivity contribution in [1.82, 2.24) is 4.90 Å². The van der Waals surface area contributed by atoms with Crippen LogP contribution in [-0.4, -0.2) is 22.7 Å². The highest BCUT2D eigenvalue weighted by Gasteiger charge is 2.35. The van der Waals surface area contributed by atoms with Crippen LogP contribution in [0.4, 0.5) is 4.79 Å². The number of amides is 2. The van der Waals surface area contributed by atoms with Crippen LogP contribution in [0.2, 0.25) is 0 Å². The molecule has 0 bridgehead atoms. The van der Waals surface area contributed by atoms with Gasteiger partial charge in [-0.1, -0.05) is 56.6 Å². The molecule has 2 amide bonds. The van der Waals surface area contributed by atoms with Crippen molar-refractivity contribution in [2.75, 3.05) is 6.61 Å². The molecule has 3 rings (SSSR count). The maximum absolute atomic E-state index is 12.7. The van der Waals surface area contributed by atoms with E-state index < -0.39 is 0 Å². The van der Waals surface area contributed by atoms with Crippen molar-refractivity contribution < 1.29 is 14.3 Å². The Balaban J connectivity index is 1.85. The molecule has 0 spiro atoms. The van der Waals surface area contributed by atoms with Gasteiger partial charge in [0.2, 0.25) is 0 Å². The van der Waals surface area contributed by atoms with E-state index in [0.29, 0.717) is 17.3 Å². The summed E-state index contributed by atoms with van der Waals surface area (Å²) in [6, 6.07) is 13.0. The second-order valence-corrected chi connectivity index (χ2v) is 8.50. The molecule has 0 saturated carbocycles. The van der Waals surface area contributed by atoms with Gasteiger partial charge in [-0.25, -0.2) is 0 Å². The summed E-state index contributed by atoms with van der Waals surface area (Å²) in [5, 5.41) is -0.280. The Bertz CT molecular complexity index is 925. The first kappa shape index (κ1) is 19.9. The van der Waals surface area contributed by atoms with Gasteiger partial charge in [-0.3, -0.25) is 14.5 Å². The maximum atomic E-state index is 12.7. The molecule has 27 heavy (non-hydrogen) atoms. The zero-order valence-electron chi connectivity index (χ0n) is 14.2. The lowest BCUT2D eigenvalue weighted by atomic mass is 10.1. The molecule has 0 unspecified atom stereocenters. The van der Waals surface area contributed by atoms with E-state index in [1.54, 1.807) is 12.2 Å². The van der Waals surface area contributed by atoms with E-state index >= 15 is 0 Å². The van der Waals surface area contributed by atoms with Crippen LogP contribution in [0.15, 0.2) is 69.0 Å². The highest BCUT2D eigenvalue weighted by Crippen LogP contribution is 2.35. The number of carbonyl (C=O) groups is 2. The molecule has 0 atom stereocenters. The largest absolute Gasteiger partial charge is 0.489 e. The van der Waals surface area contributed by atoms with Crippen molar-refractivity contribution >= 4 is 60.8 Å². The molecule has 0 radical (unpaired) electrons. The third-order valence-corrected chi connectivity index (χ3v) is 5.67. The van der Waals surface area contributed by atoms with E-state index in [1.165, 1.54) is 4.90 Å². The molecule has 0 aliphatic carbocycles. The predicted molar refractivity (Wildman–Crippen MR) is 115 cm³/mol. The van der Waals surface area contributed by atoms with E-state index in [1.807, 2.05) is 42.5 Å². The lowest BCUT2D eigenvalue weighted by Gasteiger charge is -2.12. The van der Waals surface area contributed by atoms with Crippen molar-refractivity contribution in [2.24, 2.45) is 0 Å². The minimum absolute atomic E-state index is 0.244. The predicted octanol–water partition coefficient (Wildman–Crippen LogP) is 6.01. The van der Waals surface area contributed by atoms with Gasteiger partial charge in [-0.2, -0.15) is 0 Å². The first-order valence-corrected chi connectivity index (χ1v) is 10.4. The van der Waals surface area contributed by atoms with Gasteiger partial charge in [-0.05, 0) is 53.7 Å². The van der Waals surface area contributed by atoms with Crippen LogP contribution in [0.3, 0.4) is 0 Å². The zero-order valence-corrected chi connectivity index (χ0v) is 18.1. The number of hydrogen-bond acceptors (Lipinski definition) is 4. The van der Waals surface area contributed by atoms with Crippen LogP contribution >= 0.6 is 43.6 Å². The summed E-state index contributed by atoms with van der Waals surface area (Å²) >= 11 is 7.74. The monoisotopic (exact) mass is 507 g/mol. The zero-order chi connectivity index (χ0) is 19.4. The van der Waals surface area contributed by atoms with Crippen LogP contribution in [-0.2, 0) is 11.3 Å². The summed E-state index contributed by atoms with van der Waals surface area (Å²) < 4.78 is 7.44. The highest BCUT2D eigenvalue weighted by molar-refractivity contribution is 9.10. The second kappa shape index (κ2) is 8.91. The quantitative estimate of drug-likeness (QED) is 0.354. The van der Waals surface area contributed by atoms with Gasteiger partial charge < -0.3 is 4.74 Å². The Morgan fingerprint density at radius 1 is 1.07 bits per heavy atom. The summed E-state index contributed by atoms with van der Waals surface area (Å²) in [6.45, 7) is 4.24. The topological polar surface area (TPSA) is 46.6 Å². The molecule has 0 aromatic heterocycles. The van der Waals surface area contributed by atoms with Gasteiger partial charge in [0.15, 0.2) is 0 Å². The summed E-state index contributed by atoms with van der Waals surface area (Å²) in [4.78, 5) is 26.7. The van der Waals surface area contributed by atoms with Crippen molar-refractivity contribution in [3.8, 4) is 5.75 Å². The molecular weight excluding hydrogens is 494 g/mol. The Labute approximate surface area is 178 Å². The van der Waals surface area contributed by atoms with Gasteiger partial charge in [0.05, 0.1) is 11.4 Å². The van der Waals surface area contributed by atoms with Gasteiger partial charge >= 0.3 is 0 Å². The highest BCUT2D eigenvalue weighted by atomic mass is 79.9. The number of nitrogens with zero attached hydrogens (tertiary/aromatic N) is 1. The van der Waals surface area contributed by atoms with E-state index in [2.05, 4.69) is 38.4 Å². The molecule has 4 nitrogen and oxygen atoms in total. The fraction of sp³-hybridized carbons (Fsp3) is 0.100. The van der Waals surface area contributed by atoms with Crippen LogP contribution in [0.1, 0.15) is 11.1 Å². The van der Waals surface area contributed by atoms with Crippen molar-refractivity contribution in [3.05, 3.63) is 80.1 Å². The average Bonchev–Trinajstić information content (AvgIpc) is 2.90. The second-order valence-electron chi connectivity index (χ2n) is 5.68. The number of rotatable bonds is 6. The number of halogens is 2. The number of imide groups is 1. The summed E-state index contributed by atoms with van der Waals surface area (Å²) in [6.07, 6.45) is 3.34. The lowest BCUT2D eigenvalue weighted by molar-refractivity contribution is -0.123. The number of carbonyl (C=O) groups excluding carboxylic acids is 2. The average molecular weight is 509 g/mol. The number of benzene rings is 2. The molecule has 1 aliphatic rings. The molecule has 1 heterocycles. The SMILES string of the molecule is C=CCOc1ccc(Br)cc1/C=C1/SC(=O)N(Cc2ccc(Br)cc2)C1=O. The number of thioether (sulfide) groups is 1. The molecule has 0 N–H and O–H groups in total. The fourth-order valence-electron chi connectivity index (χ4n) is 2.46. The van der Waals surface area contributed by atoms with Gasteiger partial charge in [-0.15, -0.1) is 0 Å². The molecule has 2 aromatic rings. The molecule has 138 valence electrons. The summed E-state index contributed by atoms with van der Waals surface area (Å²) in [5.41, 5.74) is 1.61. The van der Waals surface area contributed by atoms with Crippen LogP contribution in [0.25, 0.3) is 6.08 Å². The Morgan fingerprint density at radius 3 is 2.48 bits per heavy atom.